The van der Waals surface area contributed by atoms with Gasteiger partial charge in [0.05, 0.1) is 29.1 Å². The van der Waals surface area contributed by atoms with E-state index in [2.05, 4.69) is 30.4 Å². The molecule has 2 aliphatic heterocycles. The molecule has 25 heavy (non-hydrogen) atoms. The third-order valence-electron chi connectivity index (χ3n) is 3.67. The predicted octanol–water partition coefficient (Wildman–Crippen LogP) is 3.84. The quantitative estimate of drug-likeness (QED) is 0.433. The van der Waals surface area contributed by atoms with Gasteiger partial charge in [0.2, 0.25) is 5.17 Å². The van der Waals surface area contributed by atoms with Crippen LogP contribution in [0.4, 0.5) is 5.69 Å². The molecule has 0 spiro atoms. The van der Waals surface area contributed by atoms with E-state index in [1.54, 1.807) is 17.1 Å². The van der Waals surface area contributed by atoms with Gasteiger partial charge in [0.15, 0.2) is 5.84 Å². The second-order valence-corrected chi connectivity index (χ2v) is 6.92. The predicted molar refractivity (Wildman–Crippen MR) is 102 cm³/mol. The average molecular weight is 416 g/mol. The van der Waals surface area contributed by atoms with Crippen LogP contribution in [0, 0.1) is 10.1 Å². The number of hydrogen-bond acceptors (Lipinski definition) is 7. The minimum absolute atomic E-state index is 0.0532. The van der Waals surface area contributed by atoms with E-state index in [0.29, 0.717) is 12.4 Å². The number of rotatable bonds is 3. The maximum absolute atomic E-state index is 10.8. The minimum Gasteiger partial charge on any atom is -0.258 e. The lowest BCUT2D eigenvalue weighted by atomic mass is 10.1. The maximum Gasteiger partial charge on any atom is 0.269 e. The first-order valence-electron chi connectivity index (χ1n) is 7.29. The van der Waals surface area contributed by atoms with Crippen LogP contribution >= 0.6 is 27.9 Å². The van der Waals surface area contributed by atoms with E-state index in [-0.39, 0.29) is 5.69 Å². The zero-order valence-electron chi connectivity index (χ0n) is 12.7. The molecule has 9 heteroatoms. The zero-order chi connectivity index (χ0) is 17.4. The van der Waals surface area contributed by atoms with E-state index in [1.165, 1.54) is 24.1 Å². The fraction of sp³-hybridized carbons (Fsp3) is 0.0625. The van der Waals surface area contributed by atoms with Crippen molar-refractivity contribution in [3.63, 3.8) is 0 Å². The monoisotopic (exact) mass is 415 g/mol. The second-order valence-electron chi connectivity index (χ2n) is 5.28. The summed E-state index contributed by atoms with van der Waals surface area (Å²) in [4.78, 5) is 14.9. The third kappa shape index (κ3) is 3.08. The molecule has 0 unspecified atom stereocenters. The number of halogens is 1. The Hall–Kier alpha value is -2.52. The fourth-order valence-electron chi connectivity index (χ4n) is 2.46. The van der Waals surface area contributed by atoms with Gasteiger partial charge in [0, 0.05) is 27.7 Å². The summed E-state index contributed by atoms with van der Waals surface area (Å²) in [6.07, 6.45) is 0. The SMILES string of the molecule is O=[N+]([O-])c1ccc(C2=NN3C(=NC2)SN=C3c2cccc(Br)c2)cc1. The molecule has 0 fully saturated rings. The number of amidine groups is 2. The van der Waals surface area contributed by atoms with Gasteiger partial charge < -0.3 is 0 Å². The Labute approximate surface area is 155 Å². The Balaban J connectivity index is 1.66. The number of fused-ring (bicyclic) bond motifs is 1. The lowest BCUT2D eigenvalue weighted by molar-refractivity contribution is -0.384. The van der Waals surface area contributed by atoms with E-state index in [0.717, 1.165) is 26.5 Å². The molecular weight excluding hydrogens is 406 g/mol. The van der Waals surface area contributed by atoms with Crippen molar-refractivity contribution in [1.82, 2.24) is 5.01 Å². The molecule has 0 atom stereocenters. The molecule has 0 saturated heterocycles. The van der Waals surface area contributed by atoms with Crippen molar-refractivity contribution in [1.29, 1.82) is 0 Å². The molecule has 0 aliphatic carbocycles. The van der Waals surface area contributed by atoms with Crippen LogP contribution in [0.25, 0.3) is 0 Å². The van der Waals surface area contributed by atoms with Gasteiger partial charge in [-0.2, -0.15) is 14.5 Å². The van der Waals surface area contributed by atoms with Crippen LogP contribution in [0.3, 0.4) is 0 Å². The number of non-ortho nitro benzene ring substituents is 1. The lowest BCUT2D eigenvalue weighted by Crippen LogP contribution is -2.32. The number of nitrogens with zero attached hydrogens (tertiary/aromatic N) is 5. The summed E-state index contributed by atoms with van der Waals surface area (Å²) in [5.41, 5.74) is 2.53. The van der Waals surface area contributed by atoms with Gasteiger partial charge in [-0.15, -0.1) is 0 Å². The normalized spacial score (nSPS) is 16.0. The summed E-state index contributed by atoms with van der Waals surface area (Å²) >= 11 is 4.75. The Bertz CT molecular complexity index is 955. The summed E-state index contributed by atoms with van der Waals surface area (Å²) in [6.45, 7) is 0.415. The van der Waals surface area contributed by atoms with Gasteiger partial charge in [0.1, 0.15) is 0 Å². The largest absolute Gasteiger partial charge is 0.269 e. The van der Waals surface area contributed by atoms with E-state index >= 15 is 0 Å². The molecule has 0 aromatic heterocycles. The molecular formula is C16H10BrN5O2S. The highest BCUT2D eigenvalue weighted by Crippen LogP contribution is 2.28. The summed E-state index contributed by atoms with van der Waals surface area (Å²) in [5, 5.41) is 17.9. The summed E-state index contributed by atoms with van der Waals surface area (Å²) in [6, 6.07) is 14.1. The highest BCUT2D eigenvalue weighted by atomic mass is 79.9. The van der Waals surface area contributed by atoms with Gasteiger partial charge in [-0.1, -0.05) is 28.1 Å². The molecule has 0 radical (unpaired) electrons. The van der Waals surface area contributed by atoms with Gasteiger partial charge in [-0.25, -0.2) is 0 Å². The number of nitro benzene ring substituents is 1. The summed E-state index contributed by atoms with van der Waals surface area (Å²) in [7, 11) is 0. The molecule has 2 aromatic rings. The van der Waals surface area contributed by atoms with Crippen LogP contribution < -0.4 is 0 Å². The minimum atomic E-state index is -0.419. The van der Waals surface area contributed by atoms with Crippen LogP contribution in [0.2, 0.25) is 0 Å². The molecule has 4 rings (SSSR count). The van der Waals surface area contributed by atoms with Crippen LogP contribution in [0.1, 0.15) is 11.1 Å². The van der Waals surface area contributed by atoms with E-state index in [4.69, 9.17) is 0 Å². The fourth-order valence-corrected chi connectivity index (χ4v) is 3.54. The number of nitro groups is 1. The highest BCUT2D eigenvalue weighted by Gasteiger charge is 2.29. The number of hydrazone groups is 1. The third-order valence-corrected chi connectivity index (χ3v) is 4.90. The zero-order valence-corrected chi connectivity index (χ0v) is 15.1. The van der Waals surface area contributed by atoms with Gasteiger partial charge in [-0.05, 0) is 24.3 Å². The first-order chi connectivity index (χ1) is 12.1. The molecule has 0 saturated carbocycles. The number of aliphatic imine (C=N–C) groups is 1. The average Bonchev–Trinajstić information content (AvgIpc) is 3.05. The van der Waals surface area contributed by atoms with Gasteiger partial charge in [0.25, 0.3) is 5.69 Å². The van der Waals surface area contributed by atoms with Crippen molar-refractivity contribution in [3.05, 3.63) is 74.2 Å². The standard InChI is InChI=1S/C16H10BrN5O2S/c17-12-3-1-2-11(8-12)15-20-25-16-18-9-14(19-21(15)16)10-4-6-13(7-5-10)22(23)24/h1-8H,9H2. The molecule has 7 nitrogen and oxygen atoms in total. The van der Waals surface area contributed by atoms with Crippen molar-refractivity contribution in [2.24, 2.45) is 14.5 Å². The van der Waals surface area contributed by atoms with Crippen molar-refractivity contribution in [3.8, 4) is 0 Å². The molecule has 2 heterocycles. The van der Waals surface area contributed by atoms with E-state index in [1.807, 2.05) is 24.3 Å². The van der Waals surface area contributed by atoms with E-state index in [9.17, 15) is 10.1 Å². The smallest absolute Gasteiger partial charge is 0.258 e. The molecule has 2 aromatic carbocycles. The van der Waals surface area contributed by atoms with Crippen LogP contribution in [-0.4, -0.2) is 33.2 Å². The Morgan fingerprint density at radius 1 is 1.16 bits per heavy atom. The first kappa shape index (κ1) is 16.0. The van der Waals surface area contributed by atoms with Gasteiger partial charge >= 0.3 is 0 Å². The Morgan fingerprint density at radius 3 is 2.68 bits per heavy atom. The second kappa shape index (κ2) is 6.41. The molecule has 0 bridgehead atoms. The van der Waals surface area contributed by atoms with E-state index < -0.39 is 4.92 Å². The number of hydrogen-bond donors (Lipinski definition) is 0. The van der Waals surface area contributed by atoms with Crippen molar-refractivity contribution < 1.29 is 4.92 Å². The first-order valence-corrected chi connectivity index (χ1v) is 8.86. The maximum atomic E-state index is 10.8. The highest BCUT2D eigenvalue weighted by molar-refractivity contribution is 9.10. The summed E-state index contributed by atoms with van der Waals surface area (Å²) < 4.78 is 5.43. The van der Waals surface area contributed by atoms with Crippen LogP contribution in [0.5, 0.6) is 0 Å². The summed E-state index contributed by atoms with van der Waals surface area (Å²) in [5.74, 6) is 0.712. The molecule has 0 N–H and O–H groups in total. The Kier molecular flexibility index (Phi) is 4.10. The molecule has 2 aliphatic rings. The molecule has 124 valence electrons. The Morgan fingerprint density at radius 2 is 1.96 bits per heavy atom. The van der Waals surface area contributed by atoms with Crippen molar-refractivity contribution in [2.75, 3.05) is 6.54 Å². The topological polar surface area (TPSA) is 83.5 Å². The molecule has 0 amide bonds. The van der Waals surface area contributed by atoms with Gasteiger partial charge in [-0.3, -0.25) is 15.1 Å². The number of benzene rings is 2. The lowest BCUT2D eigenvalue weighted by Gasteiger charge is -2.20. The van der Waals surface area contributed by atoms with Crippen LogP contribution in [-0.2, 0) is 0 Å². The van der Waals surface area contributed by atoms with Crippen LogP contribution in [0.15, 0.2) is 67.5 Å². The van der Waals surface area contributed by atoms with Crippen molar-refractivity contribution >= 4 is 50.3 Å². The van der Waals surface area contributed by atoms with Crippen molar-refractivity contribution in [2.45, 2.75) is 0 Å².